The van der Waals surface area contributed by atoms with E-state index in [2.05, 4.69) is 28.4 Å². The van der Waals surface area contributed by atoms with Gasteiger partial charge in [0.15, 0.2) is 11.5 Å². The number of amides is 3. The zero-order chi connectivity index (χ0) is 20.4. The predicted molar refractivity (Wildman–Crippen MR) is 108 cm³/mol. The van der Waals surface area contributed by atoms with E-state index in [1.807, 2.05) is 24.3 Å². The van der Waals surface area contributed by atoms with E-state index in [0.717, 1.165) is 29.8 Å². The summed E-state index contributed by atoms with van der Waals surface area (Å²) in [4.78, 5) is 27.5. The average molecular weight is 395 g/mol. The molecule has 0 aliphatic carbocycles. The van der Waals surface area contributed by atoms with Gasteiger partial charge in [0, 0.05) is 19.6 Å². The number of hydrogen-bond donors (Lipinski definition) is 1. The van der Waals surface area contributed by atoms with Crippen LogP contribution >= 0.6 is 0 Å². The summed E-state index contributed by atoms with van der Waals surface area (Å²) in [6.45, 7) is 1.88. The van der Waals surface area contributed by atoms with E-state index >= 15 is 0 Å². The van der Waals surface area contributed by atoms with Crippen molar-refractivity contribution in [3.05, 3.63) is 59.2 Å². The Morgan fingerprint density at radius 1 is 1.03 bits per heavy atom. The molecule has 4 rings (SSSR count). The maximum atomic E-state index is 12.0. The highest BCUT2D eigenvalue weighted by molar-refractivity contribution is 6.01. The molecule has 0 unspecified atom stereocenters. The fraction of sp³-hybridized carbons (Fsp3) is 0.364. The zero-order valence-corrected chi connectivity index (χ0v) is 16.7. The topological polar surface area (TPSA) is 71.1 Å². The molecule has 1 atom stereocenters. The maximum Gasteiger partial charge on any atom is 0.324 e. The Bertz CT molecular complexity index is 900. The average Bonchev–Trinajstić information content (AvgIpc) is 3.08. The van der Waals surface area contributed by atoms with E-state index < -0.39 is 0 Å². The van der Waals surface area contributed by atoms with Gasteiger partial charge in [0.25, 0.3) is 0 Å². The van der Waals surface area contributed by atoms with Gasteiger partial charge in [-0.1, -0.05) is 30.3 Å². The number of nitrogens with one attached hydrogen (secondary N) is 1. The van der Waals surface area contributed by atoms with Crippen LogP contribution in [-0.2, 0) is 11.2 Å². The second kappa shape index (κ2) is 8.13. The van der Waals surface area contributed by atoms with Gasteiger partial charge in [0.05, 0.1) is 26.8 Å². The Hall–Kier alpha value is -3.06. The molecule has 2 heterocycles. The van der Waals surface area contributed by atoms with Gasteiger partial charge in [-0.25, -0.2) is 4.79 Å². The summed E-state index contributed by atoms with van der Waals surface area (Å²) in [7, 11) is 3.28. The van der Waals surface area contributed by atoms with Crippen molar-refractivity contribution in [3.8, 4) is 11.5 Å². The highest BCUT2D eigenvalue weighted by Gasteiger charge is 2.33. The molecular weight excluding hydrogens is 370 g/mol. The van der Waals surface area contributed by atoms with Crippen molar-refractivity contribution >= 4 is 11.9 Å². The Balaban J connectivity index is 1.67. The maximum absolute atomic E-state index is 12.0. The van der Waals surface area contributed by atoms with Crippen LogP contribution < -0.4 is 14.8 Å². The first-order chi connectivity index (χ1) is 14.1. The Morgan fingerprint density at radius 3 is 2.41 bits per heavy atom. The molecule has 3 amide bonds. The summed E-state index contributed by atoms with van der Waals surface area (Å²) < 4.78 is 11.0. The highest BCUT2D eigenvalue weighted by atomic mass is 16.5. The van der Waals surface area contributed by atoms with Gasteiger partial charge >= 0.3 is 6.03 Å². The predicted octanol–water partition coefficient (Wildman–Crippen LogP) is 2.20. The number of carbonyl (C=O) groups excluding carboxylic acids is 2. The molecule has 7 heteroatoms. The quantitative estimate of drug-likeness (QED) is 0.760. The third kappa shape index (κ3) is 3.65. The first-order valence-electron chi connectivity index (χ1n) is 9.74. The van der Waals surface area contributed by atoms with Gasteiger partial charge in [-0.2, -0.15) is 0 Å². The smallest absolute Gasteiger partial charge is 0.324 e. The zero-order valence-electron chi connectivity index (χ0n) is 16.7. The van der Waals surface area contributed by atoms with Gasteiger partial charge in [-0.15, -0.1) is 0 Å². The number of rotatable bonds is 6. The van der Waals surface area contributed by atoms with Crippen LogP contribution in [0.4, 0.5) is 4.79 Å². The Kier molecular flexibility index (Phi) is 5.40. The van der Waals surface area contributed by atoms with Crippen molar-refractivity contribution in [1.82, 2.24) is 15.1 Å². The van der Waals surface area contributed by atoms with Gasteiger partial charge in [-0.3, -0.25) is 14.6 Å². The standard InChI is InChI=1S/C22H25N3O4/c1-28-18-12-16-8-9-24(10-11-25-20(26)14-23-22(25)27)21(15-6-4-3-5-7-15)17(16)13-19(18)29-2/h3-7,12-13,21H,8-11,14H2,1-2H3,(H,23,27)/t21-/m0/s1. The molecule has 0 aromatic heterocycles. The lowest BCUT2D eigenvalue weighted by atomic mass is 9.87. The number of ether oxygens (including phenoxy) is 2. The molecular formula is C22H25N3O4. The Labute approximate surface area is 170 Å². The fourth-order valence-electron chi connectivity index (χ4n) is 4.17. The van der Waals surface area contributed by atoms with Crippen molar-refractivity contribution in [3.63, 3.8) is 0 Å². The first-order valence-corrected chi connectivity index (χ1v) is 9.74. The third-order valence-electron chi connectivity index (χ3n) is 5.64. The second-order valence-corrected chi connectivity index (χ2v) is 7.21. The highest BCUT2D eigenvalue weighted by Crippen LogP contribution is 2.40. The number of fused-ring (bicyclic) bond motifs is 1. The van der Waals surface area contributed by atoms with Crippen LogP contribution in [0.1, 0.15) is 22.7 Å². The lowest BCUT2D eigenvalue weighted by molar-refractivity contribution is -0.125. The number of methoxy groups -OCH3 is 2. The van der Waals surface area contributed by atoms with E-state index in [0.29, 0.717) is 18.8 Å². The van der Waals surface area contributed by atoms with Gasteiger partial charge in [0.1, 0.15) is 0 Å². The molecule has 2 aliphatic rings. The molecule has 0 radical (unpaired) electrons. The molecule has 2 aromatic rings. The molecule has 2 aliphatic heterocycles. The van der Waals surface area contributed by atoms with Crippen LogP contribution in [0.25, 0.3) is 0 Å². The molecule has 1 saturated heterocycles. The summed E-state index contributed by atoms with van der Waals surface area (Å²) >= 11 is 0. The number of imide groups is 1. The molecule has 1 N–H and O–H groups in total. The number of hydrogen-bond acceptors (Lipinski definition) is 5. The van der Waals surface area contributed by atoms with Gasteiger partial charge in [-0.05, 0) is 35.2 Å². The minimum Gasteiger partial charge on any atom is -0.493 e. The SMILES string of the molecule is COc1cc2c(cc1OC)[C@H](c1ccccc1)N(CCN1C(=O)CNC1=O)CC2. The van der Waals surface area contributed by atoms with E-state index in [-0.39, 0.29) is 24.5 Å². The van der Waals surface area contributed by atoms with Crippen LogP contribution in [0, 0.1) is 0 Å². The summed E-state index contributed by atoms with van der Waals surface area (Å²) in [6, 6.07) is 14.1. The van der Waals surface area contributed by atoms with Gasteiger partial charge in [0.2, 0.25) is 5.91 Å². The summed E-state index contributed by atoms with van der Waals surface area (Å²) in [5.74, 6) is 1.25. The van der Waals surface area contributed by atoms with Crippen molar-refractivity contribution in [2.75, 3.05) is 40.4 Å². The van der Waals surface area contributed by atoms with Crippen LogP contribution in [0.2, 0.25) is 0 Å². The van der Waals surface area contributed by atoms with E-state index in [1.54, 1.807) is 14.2 Å². The lowest BCUT2D eigenvalue weighted by Crippen LogP contribution is -2.43. The molecule has 0 saturated carbocycles. The molecule has 2 aromatic carbocycles. The molecule has 152 valence electrons. The number of urea groups is 1. The monoisotopic (exact) mass is 395 g/mol. The van der Waals surface area contributed by atoms with Crippen LogP contribution in [0.3, 0.4) is 0 Å². The normalized spacial score (nSPS) is 19.1. The fourth-order valence-corrected chi connectivity index (χ4v) is 4.17. The summed E-state index contributed by atoms with van der Waals surface area (Å²) in [5, 5.41) is 2.58. The van der Waals surface area contributed by atoms with Crippen molar-refractivity contribution in [2.45, 2.75) is 12.5 Å². The molecule has 7 nitrogen and oxygen atoms in total. The van der Waals surface area contributed by atoms with Crippen LogP contribution in [0.15, 0.2) is 42.5 Å². The summed E-state index contributed by atoms with van der Waals surface area (Å²) in [6.07, 6.45) is 0.860. The second-order valence-electron chi connectivity index (χ2n) is 7.21. The minimum atomic E-state index is -0.310. The summed E-state index contributed by atoms with van der Waals surface area (Å²) in [5.41, 5.74) is 3.55. The number of carbonyl (C=O) groups is 2. The van der Waals surface area contributed by atoms with E-state index in [4.69, 9.17) is 9.47 Å². The van der Waals surface area contributed by atoms with Crippen molar-refractivity contribution in [2.24, 2.45) is 0 Å². The third-order valence-corrected chi connectivity index (χ3v) is 5.64. The van der Waals surface area contributed by atoms with Crippen LogP contribution in [-0.4, -0.2) is 62.1 Å². The molecule has 0 bridgehead atoms. The number of benzene rings is 2. The minimum absolute atomic E-state index is 0.0144. The van der Waals surface area contributed by atoms with Crippen LogP contribution in [0.5, 0.6) is 11.5 Å². The van der Waals surface area contributed by atoms with Crippen molar-refractivity contribution in [1.29, 1.82) is 0 Å². The molecule has 29 heavy (non-hydrogen) atoms. The Morgan fingerprint density at radius 2 is 1.76 bits per heavy atom. The van der Waals surface area contributed by atoms with E-state index in [1.165, 1.54) is 10.5 Å². The van der Waals surface area contributed by atoms with Crippen molar-refractivity contribution < 1.29 is 19.1 Å². The molecule has 0 spiro atoms. The number of nitrogens with zero attached hydrogens (tertiary/aromatic N) is 2. The molecule has 1 fully saturated rings. The van der Waals surface area contributed by atoms with E-state index in [9.17, 15) is 9.59 Å². The van der Waals surface area contributed by atoms with Gasteiger partial charge < -0.3 is 14.8 Å². The first kappa shape index (κ1) is 19.3. The lowest BCUT2D eigenvalue weighted by Gasteiger charge is -2.38. The largest absolute Gasteiger partial charge is 0.493 e.